The summed E-state index contributed by atoms with van der Waals surface area (Å²) in [5.74, 6) is -0.125. The van der Waals surface area contributed by atoms with Crippen LogP contribution in [-0.2, 0) is 6.42 Å². The normalized spacial score (nSPS) is 14.5. The lowest BCUT2D eigenvalue weighted by Gasteiger charge is -2.34. The molecule has 0 amide bonds. The van der Waals surface area contributed by atoms with Gasteiger partial charge in [-0.3, -0.25) is 0 Å². The minimum absolute atomic E-state index is 0.125. The first kappa shape index (κ1) is 17.2. The van der Waals surface area contributed by atoms with Gasteiger partial charge in [-0.25, -0.2) is 4.39 Å². The van der Waals surface area contributed by atoms with Crippen molar-refractivity contribution < 1.29 is 4.39 Å². The highest BCUT2D eigenvalue weighted by molar-refractivity contribution is 5.18. The molecule has 0 spiro atoms. The quantitative estimate of drug-likeness (QED) is 0.674. The zero-order valence-corrected chi connectivity index (χ0v) is 13.5. The van der Waals surface area contributed by atoms with Crippen molar-refractivity contribution in [2.24, 2.45) is 5.41 Å². The number of hydrogen-bond donors (Lipinski definition) is 1. The van der Waals surface area contributed by atoms with E-state index >= 15 is 0 Å². The van der Waals surface area contributed by atoms with Crippen LogP contribution in [0.15, 0.2) is 24.3 Å². The number of hydrogen-bond acceptors (Lipinski definition) is 1. The molecule has 0 aliphatic rings. The smallest absolute Gasteiger partial charge is 0.123 e. The van der Waals surface area contributed by atoms with Crippen LogP contribution < -0.4 is 5.32 Å². The van der Waals surface area contributed by atoms with E-state index in [0.29, 0.717) is 6.04 Å². The number of halogens is 1. The topological polar surface area (TPSA) is 12.0 Å². The fourth-order valence-electron chi connectivity index (χ4n) is 2.72. The minimum atomic E-state index is -0.125. The monoisotopic (exact) mass is 279 g/mol. The van der Waals surface area contributed by atoms with Crippen LogP contribution in [0.1, 0.15) is 58.9 Å². The Morgan fingerprint density at radius 2 is 2.00 bits per heavy atom. The summed E-state index contributed by atoms with van der Waals surface area (Å²) in [6.45, 7) is 9.87. The van der Waals surface area contributed by atoms with Crippen molar-refractivity contribution in [3.05, 3.63) is 35.6 Å². The highest BCUT2D eigenvalue weighted by Gasteiger charge is 2.28. The molecule has 2 heteroatoms. The van der Waals surface area contributed by atoms with Gasteiger partial charge >= 0.3 is 0 Å². The summed E-state index contributed by atoms with van der Waals surface area (Å²) in [5.41, 5.74) is 1.36. The van der Waals surface area contributed by atoms with E-state index in [-0.39, 0.29) is 11.2 Å². The molecule has 1 aromatic rings. The van der Waals surface area contributed by atoms with Crippen molar-refractivity contribution in [2.45, 2.75) is 65.8 Å². The molecule has 0 aromatic heterocycles. The van der Waals surface area contributed by atoms with Gasteiger partial charge in [-0.1, -0.05) is 52.7 Å². The van der Waals surface area contributed by atoms with E-state index in [2.05, 4.69) is 39.1 Å². The van der Waals surface area contributed by atoms with Crippen LogP contribution in [-0.4, -0.2) is 12.6 Å². The Labute approximate surface area is 124 Å². The van der Waals surface area contributed by atoms with E-state index in [9.17, 15) is 4.39 Å². The highest BCUT2D eigenvalue weighted by atomic mass is 19.1. The van der Waals surface area contributed by atoms with Crippen molar-refractivity contribution in [2.75, 3.05) is 6.54 Å². The van der Waals surface area contributed by atoms with Gasteiger partial charge in [0.05, 0.1) is 0 Å². The number of rotatable bonds is 9. The molecule has 1 aromatic carbocycles. The van der Waals surface area contributed by atoms with Gasteiger partial charge in [0.2, 0.25) is 0 Å². The molecular formula is C18H30FN. The van der Waals surface area contributed by atoms with E-state index in [4.69, 9.17) is 0 Å². The molecule has 0 bridgehead atoms. The van der Waals surface area contributed by atoms with Crippen molar-refractivity contribution in [3.8, 4) is 0 Å². The van der Waals surface area contributed by atoms with Crippen LogP contribution in [0.4, 0.5) is 4.39 Å². The standard InChI is InChI=1S/C18H30FN/c1-5-7-11-18(6-2,14-20-15(3)4)13-16-9-8-10-17(19)12-16/h8-10,12,15,20H,5-7,11,13-14H2,1-4H3. The van der Waals surface area contributed by atoms with Crippen LogP contribution in [0.3, 0.4) is 0 Å². The zero-order chi connectivity index (χ0) is 15.0. The number of nitrogens with one attached hydrogen (secondary N) is 1. The first-order valence-corrected chi connectivity index (χ1v) is 7.99. The molecule has 0 heterocycles. The third-order valence-corrected chi connectivity index (χ3v) is 4.16. The van der Waals surface area contributed by atoms with Gasteiger partial charge in [0, 0.05) is 12.6 Å². The van der Waals surface area contributed by atoms with Crippen molar-refractivity contribution in [3.63, 3.8) is 0 Å². The molecule has 1 rings (SSSR count). The Morgan fingerprint density at radius 1 is 1.25 bits per heavy atom. The summed E-state index contributed by atoms with van der Waals surface area (Å²) in [5, 5.41) is 3.59. The molecule has 20 heavy (non-hydrogen) atoms. The molecule has 1 nitrogen and oxygen atoms in total. The lowest BCUT2D eigenvalue weighted by Crippen LogP contribution is -2.39. The molecule has 114 valence electrons. The van der Waals surface area contributed by atoms with Crippen LogP contribution in [0.2, 0.25) is 0 Å². The van der Waals surface area contributed by atoms with E-state index in [0.717, 1.165) is 24.9 Å². The van der Waals surface area contributed by atoms with E-state index in [1.54, 1.807) is 6.07 Å². The third kappa shape index (κ3) is 5.62. The molecule has 0 aliphatic carbocycles. The van der Waals surface area contributed by atoms with Gasteiger partial charge in [0.1, 0.15) is 5.82 Å². The Balaban J connectivity index is 2.83. The summed E-state index contributed by atoms with van der Waals surface area (Å²) >= 11 is 0. The average Bonchev–Trinajstić information content (AvgIpc) is 2.42. The van der Waals surface area contributed by atoms with Gasteiger partial charge in [-0.15, -0.1) is 0 Å². The fourth-order valence-corrected chi connectivity index (χ4v) is 2.72. The summed E-state index contributed by atoms with van der Waals surface area (Å²) in [6.07, 6.45) is 5.75. The third-order valence-electron chi connectivity index (χ3n) is 4.16. The molecular weight excluding hydrogens is 249 g/mol. The largest absolute Gasteiger partial charge is 0.314 e. The second-order valence-electron chi connectivity index (χ2n) is 6.30. The predicted molar refractivity (Wildman–Crippen MR) is 85.5 cm³/mol. The van der Waals surface area contributed by atoms with E-state index in [1.807, 2.05) is 6.07 Å². The van der Waals surface area contributed by atoms with Crippen molar-refractivity contribution in [1.29, 1.82) is 0 Å². The van der Waals surface area contributed by atoms with Gasteiger partial charge < -0.3 is 5.32 Å². The Bertz CT molecular complexity index is 389. The van der Waals surface area contributed by atoms with Crippen LogP contribution >= 0.6 is 0 Å². The Kier molecular flexibility index (Phi) is 7.22. The summed E-state index contributed by atoms with van der Waals surface area (Å²) in [7, 11) is 0. The summed E-state index contributed by atoms with van der Waals surface area (Å²) in [6, 6.07) is 7.58. The summed E-state index contributed by atoms with van der Waals surface area (Å²) < 4.78 is 13.4. The molecule has 0 radical (unpaired) electrons. The van der Waals surface area contributed by atoms with Crippen LogP contribution in [0, 0.1) is 11.2 Å². The Hall–Kier alpha value is -0.890. The van der Waals surface area contributed by atoms with Gasteiger partial charge in [0.25, 0.3) is 0 Å². The number of benzene rings is 1. The van der Waals surface area contributed by atoms with Crippen molar-refractivity contribution in [1.82, 2.24) is 5.32 Å². The second kappa shape index (κ2) is 8.41. The SMILES string of the molecule is CCCCC(CC)(CNC(C)C)Cc1cccc(F)c1. The lowest BCUT2D eigenvalue weighted by atomic mass is 9.75. The maximum atomic E-state index is 13.4. The highest BCUT2D eigenvalue weighted by Crippen LogP contribution is 2.33. The second-order valence-corrected chi connectivity index (χ2v) is 6.30. The van der Waals surface area contributed by atoms with E-state index < -0.39 is 0 Å². The minimum Gasteiger partial charge on any atom is -0.314 e. The van der Waals surface area contributed by atoms with Crippen LogP contribution in [0.25, 0.3) is 0 Å². The zero-order valence-electron chi connectivity index (χ0n) is 13.5. The average molecular weight is 279 g/mol. The molecule has 1 N–H and O–H groups in total. The molecule has 0 saturated carbocycles. The summed E-state index contributed by atoms with van der Waals surface area (Å²) in [4.78, 5) is 0. The predicted octanol–water partition coefficient (Wildman–Crippen LogP) is 4.95. The Morgan fingerprint density at radius 3 is 2.55 bits per heavy atom. The lowest BCUT2D eigenvalue weighted by molar-refractivity contribution is 0.223. The van der Waals surface area contributed by atoms with Gasteiger partial charge in [-0.05, 0) is 42.4 Å². The number of unbranched alkanes of at least 4 members (excludes halogenated alkanes) is 1. The van der Waals surface area contributed by atoms with Gasteiger partial charge in [0.15, 0.2) is 0 Å². The molecule has 0 fully saturated rings. The fraction of sp³-hybridized carbons (Fsp3) is 0.667. The molecule has 0 saturated heterocycles. The maximum Gasteiger partial charge on any atom is 0.123 e. The first-order chi connectivity index (χ1) is 9.51. The maximum absolute atomic E-state index is 13.4. The van der Waals surface area contributed by atoms with E-state index in [1.165, 1.54) is 25.3 Å². The molecule has 1 atom stereocenters. The van der Waals surface area contributed by atoms with Crippen molar-refractivity contribution >= 4 is 0 Å². The molecule has 0 aliphatic heterocycles. The van der Waals surface area contributed by atoms with Crippen LogP contribution in [0.5, 0.6) is 0 Å². The molecule has 1 unspecified atom stereocenters. The first-order valence-electron chi connectivity index (χ1n) is 7.99. The van der Waals surface area contributed by atoms with Gasteiger partial charge in [-0.2, -0.15) is 0 Å².